The minimum absolute atomic E-state index is 0.0567. The van der Waals surface area contributed by atoms with Gasteiger partial charge >= 0.3 is 5.97 Å². The number of benzene rings is 1. The summed E-state index contributed by atoms with van der Waals surface area (Å²) >= 11 is 3.19. The van der Waals surface area contributed by atoms with Crippen LogP contribution in [0.5, 0.6) is 0 Å². The molecule has 6 heteroatoms. The number of hydrogen-bond acceptors (Lipinski definition) is 2. The lowest BCUT2D eigenvalue weighted by molar-refractivity contribution is -0.147. The molecule has 0 aliphatic heterocycles. The van der Waals surface area contributed by atoms with Gasteiger partial charge in [0.05, 0.1) is 0 Å². The van der Waals surface area contributed by atoms with Crippen LogP contribution in [0.1, 0.15) is 24.4 Å². The molecule has 1 atom stereocenters. The number of halogens is 2. The third-order valence-electron chi connectivity index (χ3n) is 2.87. The van der Waals surface area contributed by atoms with Crippen LogP contribution in [0.25, 0.3) is 0 Å². The number of hydrogen-bond donors (Lipinski definition) is 1. The molecule has 1 aromatic rings. The second kappa shape index (κ2) is 5.06. The van der Waals surface area contributed by atoms with Gasteiger partial charge in [0.15, 0.2) is 6.04 Å². The molecule has 96 valence electrons. The highest BCUT2D eigenvalue weighted by Crippen LogP contribution is 2.36. The first-order valence-corrected chi connectivity index (χ1v) is 6.24. The van der Waals surface area contributed by atoms with Crippen LogP contribution in [0.2, 0.25) is 0 Å². The molecule has 1 aromatic carbocycles. The van der Waals surface area contributed by atoms with Crippen molar-refractivity contribution >= 4 is 28.3 Å². The molecule has 0 radical (unpaired) electrons. The molecule has 1 saturated carbocycles. The Morgan fingerprint density at radius 2 is 2.22 bits per heavy atom. The lowest BCUT2D eigenvalue weighted by Gasteiger charge is -2.26. The maximum absolute atomic E-state index is 13.2. The molecule has 1 unspecified atom stereocenters. The number of nitrogens with zero attached hydrogens (tertiary/aromatic N) is 1. The van der Waals surface area contributed by atoms with Crippen molar-refractivity contribution in [2.45, 2.75) is 24.9 Å². The minimum atomic E-state index is -1.17. The Bertz CT molecular complexity index is 490. The van der Waals surface area contributed by atoms with Crippen LogP contribution < -0.4 is 0 Å². The Labute approximate surface area is 112 Å². The van der Waals surface area contributed by atoms with Gasteiger partial charge in [0.2, 0.25) is 6.41 Å². The van der Waals surface area contributed by atoms with Crippen molar-refractivity contribution in [1.82, 2.24) is 4.90 Å². The van der Waals surface area contributed by atoms with Gasteiger partial charge in [0.1, 0.15) is 5.82 Å². The van der Waals surface area contributed by atoms with E-state index in [0.29, 0.717) is 10.9 Å². The third kappa shape index (κ3) is 2.53. The summed E-state index contributed by atoms with van der Waals surface area (Å²) in [5.74, 6) is -1.69. The normalized spacial score (nSPS) is 16.1. The van der Waals surface area contributed by atoms with Gasteiger partial charge in [0.25, 0.3) is 0 Å². The third-order valence-corrected chi connectivity index (χ3v) is 3.60. The Balaban J connectivity index is 2.43. The van der Waals surface area contributed by atoms with Crippen LogP contribution >= 0.6 is 15.9 Å². The van der Waals surface area contributed by atoms with E-state index in [1.54, 1.807) is 0 Å². The summed E-state index contributed by atoms with van der Waals surface area (Å²) in [6.07, 6.45) is 2.10. The maximum Gasteiger partial charge on any atom is 0.331 e. The molecule has 2 rings (SSSR count). The van der Waals surface area contributed by atoms with Crippen molar-refractivity contribution in [1.29, 1.82) is 0 Å². The standard InChI is InChI=1S/C12H11BrFNO3/c13-10-4-1-7(14)5-9(10)11(12(17)18)15(6-16)8-2-3-8/h1,4-6,8,11H,2-3H2,(H,17,18). The summed E-state index contributed by atoms with van der Waals surface area (Å²) in [4.78, 5) is 23.6. The van der Waals surface area contributed by atoms with E-state index in [0.717, 1.165) is 18.9 Å². The highest BCUT2D eigenvalue weighted by molar-refractivity contribution is 9.10. The number of carbonyl (C=O) groups excluding carboxylic acids is 1. The number of rotatable bonds is 5. The van der Waals surface area contributed by atoms with Crippen molar-refractivity contribution in [2.75, 3.05) is 0 Å². The molecule has 1 aliphatic rings. The van der Waals surface area contributed by atoms with Crippen LogP contribution in [0.3, 0.4) is 0 Å². The smallest absolute Gasteiger partial charge is 0.331 e. The topological polar surface area (TPSA) is 57.6 Å². The summed E-state index contributed by atoms with van der Waals surface area (Å²) in [6.45, 7) is 0. The predicted octanol–water partition coefficient (Wildman–Crippen LogP) is 2.33. The Morgan fingerprint density at radius 3 is 2.72 bits per heavy atom. The molecule has 18 heavy (non-hydrogen) atoms. The lowest BCUT2D eigenvalue weighted by Crippen LogP contribution is -2.35. The van der Waals surface area contributed by atoms with Crippen molar-refractivity contribution in [3.8, 4) is 0 Å². The molecule has 0 saturated heterocycles. The summed E-state index contributed by atoms with van der Waals surface area (Å²) < 4.78 is 13.7. The fraction of sp³-hybridized carbons (Fsp3) is 0.333. The number of aliphatic carboxylic acids is 1. The maximum atomic E-state index is 13.2. The van der Waals surface area contributed by atoms with Crippen molar-refractivity contribution in [2.24, 2.45) is 0 Å². The van der Waals surface area contributed by atoms with Crippen molar-refractivity contribution < 1.29 is 19.1 Å². The van der Waals surface area contributed by atoms with Gasteiger partial charge < -0.3 is 10.0 Å². The van der Waals surface area contributed by atoms with Crippen LogP contribution in [0.15, 0.2) is 22.7 Å². The van der Waals surface area contributed by atoms with E-state index in [1.165, 1.54) is 17.0 Å². The number of carbonyl (C=O) groups is 2. The van der Waals surface area contributed by atoms with E-state index >= 15 is 0 Å². The van der Waals surface area contributed by atoms with Crippen molar-refractivity contribution in [3.05, 3.63) is 34.1 Å². The monoisotopic (exact) mass is 315 g/mol. The molecule has 0 spiro atoms. The Hall–Kier alpha value is -1.43. The number of carboxylic acid groups (broad SMARTS) is 1. The average Bonchev–Trinajstić information content (AvgIpc) is 3.13. The van der Waals surface area contributed by atoms with Crippen LogP contribution in [-0.2, 0) is 9.59 Å². The molecule has 0 bridgehead atoms. The minimum Gasteiger partial charge on any atom is -0.479 e. The second-order valence-corrected chi connectivity index (χ2v) is 5.04. The van der Waals surface area contributed by atoms with Crippen LogP contribution in [0.4, 0.5) is 4.39 Å². The highest BCUT2D eigenvalue weighted by Gasteiger charge is 2.38. The van der Waals surface area contributed by atoms with Gasteiger partial charge in [-0.15, -0.1) is 0 Å². The van der Waals surface area contributed by atoms with Gasteiger partial charge in [-0.2, -0.15) is 0 Å². The first kappa shape index (κ1) is 13.0. The first-order valence-electron chi connectivity index (χ1n) is 5.45. The predicted molar refractivity (Wildman–Crippen MR) is 65.4 cm³/mol. The average molecular weight is 316 g/mol. The zero-order valence-electron chi connectivity index (χ0n) is 9.35. The largest absolute Gasteiger partial charge is 0.479 e. The summed E-state index contributed by atoms with van der Waals surface area (Å²) in [5.41, 5.74) is 0.251. The van der Waals surface area contributed by atoms with Gasteiger partial charge in [-0.25, -0.2) is 9.18 Å². The lowest BCUT2D eigenvalue weighted by atomic mass is 10.1. The van der Waals surface area contributed by atoms with Crippen molar-refractivity contribution in [3.63, 3.8) is 0 Å². The zero-order chi connectivity index (χ0) is 13.3. The van der Waals surface area contributed by atoms with E-state index in [4.69, 9.17) is 0 Å². The van der Waals surface area contributed by atoms with Gasteiger partial charge in [-0.3, -0.25) is 4.79 Å². The van der Waals surface area contributed by atoms with Gasteiger partial charge in [-0.05, 0) is 31.0 Å². The van der Waals surface area contributed by atoms with E-state index in [1.807, 2.05) is 0 Å². The Kier molecular flexibility index (Phi) is 3.65. The summed E-state index contributed by atoms with van der Waals surface area (Å²) in [7, 11) is 0. The SMILES string of the molecule is O=CN(C1CC1)C(C(=O)O)c1cc(F)ccc1Br. The van der Waals surface area contributed by atoms with Gasteiger partial charge in [-0.1, -0.05) is 15.9 Å². The Morgan fingerprint density at radius 1 is 1.56 bits per heavy atom. The number of amides is 1. The van der Waals surface area contributed by atoms with E-state index < -0.39 is 17.8 Å². The first-order chi connectivity index (χ1) is 8.54. The molecular weight excluding hydrogens is 305 g/mol. The molecular formula is C12H11BrFNO3. The van der Waals surface area contributed by atoms with E-state index in [9.17, 15) is 19.1 Å². The molecule has 4 nitrogen and oxygen atoms in total. The van der Waals surface area contributed by atoms with Gasteiger partial charge in [0, 0.05) is 16.1 Å². The summed E-state index contributed by atoms with van der Waals surface area (Å²) in [5, 5.41) is 9.28. The zero-order valence-corrected chi connectivity index (χ0v) is 10.9. The molecule has 0 heterocycles. The van der Waals surface area contributed by atoms with Crippen LogP contribution in [-0.4, -0.2) is 28.4 Å². The van der Waals surface area contributed by atoms with E-state index in [-0.39, 0.29) is 11.6 Å². The molecule has 1 fully saturated rings. The molecule has 0 aromatic heterocycles. The fourth-order valence-electron chi connectivity index (χ4n) is 1.88. The second-order valence-electron chi connectivity index (χ2n) is 4.19. The summed E-state index contributed by atoms with van der Waals surface area (Å²) in [6, 6.07) is 2.60. The molecule has 1 N–H and O–H groups in total. The molecule has 1 amide bonds. The molecule has 1 aliphatic carbocycles. The van der Waals surface area contributed by atoms with E-state index in [2.05, 4.69) is 15.9 Å². The van der Waals surface area contributed by atoms with Crippen LogP contribution in [0, 0.1) is 5.82 Å². The highest BCUT2D eigenvalue weighted by atomic mass is 79.9. The number of carboxylic acids is 1. The fourth-order valence-corrected chi connectivity index (χ4v) is 2.34. The quantitative estimate of drug-likeness (QED) is 0.848.